The van der Waals surface area contributed by atoms with Gasteiger partial charge in [0.25, 0.3) is 0 Å². The van der Waals surface area contributed by atoms with Gasteiger partial charge in [-0.05, 0) is 64.5 Å². The van der Waals surface area contributed by atoms with Gasteiger partial charge in [-0.25, -0.2) is 0 Å². The van der Waals surface area contributed by atoms with Crippen molar-refractivity contribution >= 4 is 11.9 Å². The van der Waals surface area contributed by atoms with Crippen LogP contribution in [0.2, 0.25) is 0 Å². The number of ether oxygens (including phenoxy) is 1. The molecule has 0 spiro atoms. The van der Waals surface area contributed by atoms with Crippen molar-refractivity contribution in [3.63, 3.8) is 0 Å². The van der Waals surface area contributed by atoms with Gasteiger partial charge in [0.2, 0.25) is 0 Å². The third kappa shape index (κ3) is 41.3. The van der Waals surface area contributed by atoms with Gasteiger partial charge in [-0.15, -0.1) is 10.1 Å². The molecule has 0 saturated heterocycles. The SMILES string of the molecule is CCCCCCCCN(CCCCCCCC)OC(=O)CCCCCN(CCCCCC(=O)ON(CCCCCCCC)CCCCCCCC)CCOCCO. The van der Waals surface area contributed by atoms with Crippen LogP contribution in [-0.2, 0) is 24.0 Å². The summed E-state index contributed by atoms with van der Waals surface area (Å²) in [5, 5.41) is 13.1. The van der Waals surface area contributed by atoms with Crippen molar-refractivity contribution in [1.82, 2.24) is 15.0 Å². The van der Waals surface area contributed by atoms with Crippen LogP contribution in [0.25, 0.3) is 0 Å². The van der Waals surface area contributed by atoms with Crippen LogP contribution in [-0.4, -0.2) is 97.7 Å². The van der Waals surface area contributed by atoms with Gasteiger partial charge in [0.15, 0.2) is 0 Å². The highest BCUT2D eigenvalue weighted by atomic mass is 16.7. The summed E-state index contributed by atoms with van der Waals surface area (Å²) in [7, 11) is 0. The molecule has 0 aromatic heterocycles. The molecule has 340 valence electrons. The monoisotopic (exact) mass is 812 g/mol. The number of carbonyl (C=O) groups is 2. The van der Waals surface area contributed by atoms with E-state index in [1.807, 2.05) is 10.1 Å². The van der Waals surface area contributed by atoms with E-state index >= 15 is 0 Å². The Balaban J connectivity index is 4.62. The number of aliphatic hydroxyl groups is 1. The van der Waals surface area contributed by atoms with Gasteiger partial charge < -0.3 is 24.4 Å². The van der Waals surface area contributed by atoms with Crippen molar-refractivity contribution in [2.75, 3.05) is 65.6 Å². The number of aliphatic hydroxyl groups excluding tert-OH is 1. The number of hydrogen-bond acceptors (Lipinski definition) is 9. The summed E-state index contributed by atoms with van der Waals surface area (Å²) in [6.07, 6.45) is 36.3. The summed E-state index contributed by atoms with van der Waals surface area (Å²) in [6.45, 7) is 16.1. The molecule has 0 heterocycles. The van der Waals surface area contributed by atoms with Crippen LogP contribution in [0.5, 0.6) is 0 Å². The molecule has 57 heavy (non-hydrogen) atoms. The first-order chi connectivity index (χ1) is 28.0. The van der Waals surface area contributed by atoms with E-state index in [1.54, 1.807) is 0 Å². The molecule has 0 saturated carbocycles. The second kappa shape index (κ2) is 45.8. The van der Waals surface area contributed by atoms with Crippen LogP contribution in [0.3, 0.4) is 0 Å². The normalized spacial score (nSPS) is 11.7. The number of rotatable bonds is 47. The Bertz CT molecular complexity index is 742. The Hall–Kier alpha value is -1.26. The molecule has 0 aromatic rings. The number of hydroxylamine groups is 4. The highest BCUT2D eigenvalue weighted by Gasteiger charge is 2.14. The minimum absolute atomic E-state index is 0.0386. The molecule has 0 fully saturated rings. The average molecular weight is 812 g/mol. The summed E-state index contributed by atoms with van der Waals surface area (Å²) < 4.78 is 5.59. The van der Waals surface area contributed by atoms with E-state index in [4.69, 9.17) is 19.5 Å². The molecule has 0 unspecified atom stereocenters. The van der Waals surface area contributed by atoms with Crippen molar-refractivity contribution < 1.29 is 29.1 Å². The molecular weight excluding hydrogens is 715 g/mol. The van der Waals surface area contributed by atoms with Gasteiger partial charge >= 0.3 is 11.9 Å². The smallest absolute Gasteiger partial charge is 0.325 e. The van der Waals surface area contributed by atoms with Crippen molar-refractivity contribution in [2.45, 2.75) is 233 Å². The van der Waals surface area contributed by atoms with Gasteiger partial charge in [0, 0.05) is 45.6 Å². The van der Waals surface area contributed by atoms with Crippen LogP contribution in [0.15, 0.2) is 0 Å². The van der Waals surface area contributed by atoms with Crippen LogP contribution in [0.1, 0.15) is 233 Å². The Kier molecular flexibility index (Phi) is 44.8. The first-order valence-corrected chi connectivity index (χ1v) is 24.8. The minimum atomic E-state index is -0.0901. The molecule has 9 nitrogen and oxygen atoms in total. The molecule has 0 rings (SSSR count). The van der Waals surface area contributed by atoms with Crippen LogP contribution in [0.4, 0.5) is 0 Å². The maximum Gasteiger partial charge on any atom is 0.325 e. The molecule has 0 aliphatic rings. The van der Waals surface area contributed by atoms with E-state index < -0.39 is 0 Å². The Labute approximate surface area is 354 Å². The lowest BCUT2D eigenvalue weighted by Gasteiger charge is -2.23. The zero-order valence-electron chi connectivity index (χ0n) is 38.5. The maximum absolute atomic E-state index is 12.8. The highest BCUT2D eigenvalue weighted by Crippen LogP contribution is 2.14. The summed E-state index contributed by atoms with van der Waals surface area (Å²) in [4.78, 5) is 39.9. The minimum Gasteiger partial charge on any atom is -0.394 e. The van der Waals surface area contributed by atoms with Crippen molar-refractivity contribution in [1.29, 1.82) is 0 Å². The molecule has 0 aliphatic heterocycles. The van der Waals surface area contributed by atoms with Gasteiger partial charge in [-0.2, -0.15) is 0 Å². The van der Waals surface area contributed by atoms with Crippen LogP contribution in [0, 0.1) is 0 Å². The molecule has 1 N–H and O–H groups in total. The maximum atomic E-state index is 12.8. The lowest BCUT2D eigenvalue weighted by Crippen LogP contribution is -2.30. The second-order valence-corrected chi connectivity index (χ2v) is 16.7. The molecule has 0 amide bonds. The fraction of sp³-hybridized carbons (Fsp3) is 0.958. The van der Waals surface area contributed by atoms with Crippen molar-refractivity contribution in [3.8, 4) is 0 Å². The van der Waals surface area contributed by atoms with E-state index in [1.165, 1.54) is 128 Å². The molecule has 0 radical (unpaired) electrons. The topological polar surface area (TPSA) is 91.8 Å². The van der Waals surface area contributed by atoms with Crippen molar-refractivity contribution in [2.24, 2.45) is 0 Å². The van der Waals surface area contributed by atoms with Crippen LogP contribution < -0.4 is 0 Å². The lowest BCUT2D eigenvalue weighted by molar-refractivity contribution is -0.192. The Morgan fingerprint density at radius 3 is 1.00 bits per heavy atom. The summed E-state index contributed by atoms with van der Waals surface area (Å²) in [5.41, 5.74) is 0. The fourth-order valence-electron chi connectivity index (χ4n) is 7.32. The van der Waals surface area contributed by atoms with E-state index in [0.29, 0.717) is 26.1 Å². The number of hydrogen-bond donors (Lipinski definition) is 1. The van der Waals surface area contributed by atoms with E-state index in [9.17, 15) is 9.59 Å². The van der Waals surface area contributed by atoms with Gasteiger partial charge in [-0.3, -0.25) is 9.59 Å². The number of carbonyl (C=O) groups excluding carboxylic acids is 2. The predicted octanol–water partition coefficient (Wildman–Crippen LogP) is 12.4. The summed E-state index contributed by atoms with van der Waals surface area (Å²) in [5.74, 6) is -0.180. The molecule has 9 heteroatoms. The van der Waals surface area contributed by atoms with E-state index in [-0.39, 0.29) is 18.5 Å². The Morgan fingerprint density at radius 2 is 0.667 bits per heavy atom. The van der Waals surface area contributed by atoms with Gasteiger partial charge in [0.1, 0.15) is 0 Å². The fourth-order valence-corrected chi connectivity index (χ4v) is 7.32. The molecular formula is C48H97N3O6. The number of unbranched alkanes of at least 4 members (excludes halogenated alkanes) is 24. The van der Waals surface area contributed by atoms with E-state index in [2.05, 4.69) is 32.6 Å². The molecule has 0 aromatic carbocycles. The molecule has 0 bridgehead atoms. The zero-order valence-corrected chi connectivity index (χ0v) is 38.5. The largest absolute Gasteiger partial charge is 0.394 e. The highest BCUT2D eigenvalue weighted by molar-refractivity contribution is 5.69. The van der Waals surface area contributed by atoms with Crippen LogP contribution >= 0.6 is 0 Å². The third-order valence-electron chi connectivity index (χ3n) is 11.0. The number of nitrogens with zero attached hydrogens (tertiary/aromatic N) is 3. The Morgan fingerprint density at radius 1 is 0.368 bits per heavy atom. The second-order valence-electron chi connectivity index (χ2n) is 16.7. The predicted molar refractivity (Wildman–Crippen MR) is 240 cm³/mol. The summed E-state index contributed by atoms with van der Waals surface area (Å²) in [6, 6.07) is 0. The van der Waals surface area contributed by atoms with Gasteiger partial charge in [-0.1, -0.05) is 169 Å². The van der Waals surface area contributed by atoms with Gasteiger partial charge in [0.05, 0.1) is 19.8 Å². The molecule has 0 aliphatic carbocycles. The molecule has 0 atom stereocenters. The van der Waals surface area contributed by atoms with E-state index in [0.717, 1.165) is 110 Å². The average Bonchev–Trinajstić information content (AvgIpc) is 3.20. The quantitative estimate of drug-likeness (QED) is 0.0476. The third-order valence-corrected chi connectivity index (χ3v) is 11.0. The summed E-state index contributed by atoms with van der Waals surface area (Å²) >= 11 is 0. The lowest BCUT2D eigenvalue weighted by atomic mass is 10.1. The zero-order chi connectivity index (χ0) is 41.7. The van der Waals surface area contributed by atoms with Crippen molar-refractivity contribution in [3.05, 3.63) is 0 Å². The first-order valence-electron chi connectivity index (χ1n) is 24.8. The standard InChI is InChI=1S/C48H97N3O6/c1-5-9-13-17-21-31-39-50(40-32-22-18-14-10-6-2)56-47(53)35-27-25-29-37-49(43-45-55-46-44-52)38-30-26-28-36-48(54)57-51(41-33-23-19-15-11-7-3)42-34-24-20-16-12-8-4/h52H,5-46H2,1-4H3. The first kappa shape index (κ1) is 55.7.